The fourth-order valence-corrected chi connectivity index (χ4v) is 4.24. The van der Waals surface area contributed by atoms with Crippen molar-refractivity contribution in [3.8, 4) is 17.0 Å². The van der Waals surface area contributed by atoms with Gasteiger partial charge in [0.1, 0.15) is 48.8 Å². The molecule has 2 aromatic heterocycles. The van der Waals surface area contributed by atoms with Crippen LogP contribution in [-0.2, 0) is 7.05 Å². The molecule has 0 unspecified atom stereocenters. The highest BCUT2D eigenvalue weighted by molar-refractivity contribution is 6.61. The lowest BCUT2D eigenvalue weighted by Crippen LogP contribution is -2.47. The predicted molar refractivity (Wildman–Crippen MR) is 142 cm³/mol. The molecule has 10 heteroatoms. The third-order valence-corrected chi connectivity index (χ3v) is 6.47. The molecule has 4 aromatic rings. The van der Waals surface area contributed by atoms with Crippen molar-refractivity contribution in [2.24, 2.45) is 7.05 Å². The molecule has 32 heavy (non-hydrogen) atoms. The Bertz CT molecular complexity index is 1360. The van der Waals surface area contributed by atoms with Gasteiger partial charge in [-0.1, -0.05) is 34.0 Å². The quantitative estimate of drug-likeness (QED) is 0.364. The van der Waals surface area contributed by atoms with E-state index in [-0.39, 0.29) is 5.91 Å². The van der Waals surface area contributed by atoms with Gasteiger partial charge in [0.25, 0.3) is 5.91 Å². The number of pyridine rings is 1. The van der Waals surface area contributed by atoms with Crippen molar-refractivity contribution < 1.29 is 9.53 Å². The van der Waals surface area contributed by atoms with Crippen LogP contribution in [0.25, 0.3) is 22.0 Å². The van der Waals surface area contributed by atoms with Gasteiger partial charge in [0.15, 0.2) is 0 Å². The summed E-state index contributed by atoms with van der Waals surface area (Å²) in [6, 6.07) is 8.11. The van der Waals surface area contributed by atoms with E-state index in [9.17, 15) is 4.79 Å². The summed E-state index contributed by atoms with van der Waals surface area (Å²) in [5, 5.41) is 5.00. The highest BCUT2D eigenvalue weighted by Gasteiger charge is 2.20. The largest absolute Gasteiger partial charge is 0.498 e. The molecule has 2 aromatic carbocycles. The number of benzene rings is 2. The van der Waals surface area contributed by atoms with E-state index >= 15 is 0 Å². The third kappa shape index (κ3) is 3.60. The van der Waals surface area contributed by atoms with Crippen LogP contribution in [0.3, 0.4) is 0 Å². The normalized spacial score (nSPS) is 11.0. The Morgan fingerprint density at radius 1 is 0.969 bits per heavy atom. The lowest BCUT2D eigenvalue weighted by molar-refractivity contribution is 0.102. The molecular weight excluding hydrogens is 396 g/mol. The minimum absolute atomic E-state index is 0.167. The monoisotopic (exact) mass is 420 g/mol. The minimum Gasteiger partial charge on any atom is -0.498 e. The Morgan fingerprint density at radius 2 is 1.66 bits per heavy atom. The van der Waals surface area contributed by atoms with Crippen LogP contribution in [-0.4, -0.2) is 58.9 Å². The average molecular weight is 420 g/mol. The Labute approximate surface area is 191 Å². The first-order valence-corrected chi connectivity index (χ1v) is 10.6. The summed E-state index contributed by atoms with van der Waals surface area (Å²) in [6.07, 6.45) is 3.66. The summed E-state index contributed by atoms with van der Waals surface area (Å²) in [4.78, 5) is 22.1. The van der Waals surface area contributed by atoms with Gasteiger partial charge in [-0.3, -0.25) is 4.79 Å². The van der Waals surface area contributed by atoms with E-state index in [0.29, 0.717) is 11.4 Å². The van der Waals surface area contributed by atoms with Gasteiger partial charge in [-0.05, 0) is 24.4 Å². The third-order valence-electron chi connectivity index (χ3n) is 6.47. The van der Waals surface area contributed by atoms with Gasteiger partial charge >= 0.3 is 0 Å². The number of nitrogens with zero attached hydrogens (tertiary/aromatic N) is 3. The van der Waals surface area contributed by atoms with Crippen molar-refractivity contribution in [2.45, 2.75) is 6.92 Å². The molecule has 1 N–H and O–H groups in total. The maximum Gasteiger partial charge on any atom is 0.255 e. The van der Waals surface area contributed by atoms with Crippen molar-refractivity contribution in [2.75, 3.05) is 12.4 Å². The summed E-state index contributed by atoms with van der Waals surface area (Å²) in [5.41, 5.74) is 6.56. The Kier molecular flexibility index (Phi) is 5.63. The van der Waals surface area contributed by atoms with E-state index in [1.807, 2.05) is 63.7 Å². The van der Waals surface area contributed by atoms with Crippen LogP contribution in [0.5, 0.6) is 5.75 Å². The van der Waals surface area contributed by atoms with E-state index in [1.165, 1.54) is 0 Å². The number of methoxy groups -OCH3 is 1. The number of fused-ring (bicyclic) bond motifs is 1. The number of rotatable bonds is 4. The molecule has 0 bridgehead atoms. The van der Waals surface area contributed by atoms with Gasteiger partial charge in [0.2, 0.25) is 0 Å². The number of hydrogen-bond acceptors (Lipinski definition) is 4. The second kappa shape index (κ2) is 8.26. The molecule has 0 aliphatic rings. The number of aromatic nitrogens is 3. The first-order chi connectivity index (χ1) is 15.2. The van der Waals surface area contributed by atoms with Gasteiger partial charge < -0.3 is 14.6 Å². The molecule has 1 amide bonds. The van der Waals surface area contributed by atoms with Crippen LogP contribution in [0, 0.1) is 6.92 Å². The predicted octanol–water partition coefficient (Wildman–Crippen LogP) is -2.76. The Balaban J connectivity index is 1.71. The van der Waals surface area contributed by atoms with E-state index in [2.05, 4.69) is 32.0 Å². The molecule has 0 aliphatic carbocycles. The van der Waals surface area contributed by atoms with Crippen LogP contribution >= 0.6 is 0 Å². The number of hydrogen-bond donors (Lipinski definition) is 1. The molecule has 2 heterocycles. The average Bonchev–Trinajstić information content (AvgIpc) is 3.11. The van der Waals surface area contributed by atoms with Gasteiger partial charge in [-0.15, -0.1) is 0 Å². The fourth-order valence-electron chi connectivity index (χ4n) is 4.24. The molecule has 156 valence electrons. The first kappa shape index (κ1) is 21.8. The van der Waals surface area contributed by atoms with Crippen LogP contribution in [0.4, 0.5) is 5.82 Å². The Hall–Kier alpha value is -3.41. The zero-order valence-electron chi connectivity index (χ0n) is 19.6. The van der Waals surface area contributed by atoms with E-state index < -0.39 is 0 Å². The summed E-state index contributed by atoms with van der Waals surface area (Å²) in [7, 11) is 11.5. The van der Waals surface area contributed by atoms with Crippen LogP contribution < -0.4 is 31.9 Å². The lowest BCUT2D eigenvalue weighted by atomic mass is 9.66. The molecule has 0 aliphatic heterocycles. The topological polar surface area (TPSA) is 69.0 Å². The van der Waals surface area contributed by atoms with Crippen molar-refractivity contribution in [1.82, 2.24) is 14.5 Å². The van der Waals surface area contributed by atoms with Gasteiger partial charge in [-0.2, -0.15) is 0 Å². The number of nitrogens with one attached hydrogen (secondary N) is 1. The number of imidazole rings is 1. The smallest absolute Gasteiger partial charge is 0.255 e. The summed E-state index contributed by atoms with van der Waals surface area (Å²) in [5.74, 6) is 2.14. The van der Waals surface area contributed by atoms with Crippen LogP contribution in [0.1, 0.15) is 16.2 Å². The van der Waals surface area contributed by atoms with Crippen molar-refractivity contribution in [3.05, 3.63) is 48.0 Å². The number of aryl methyl sites for hydroxylation is 1. The lowest BCUT2D eigenvalue weighted by Gasteiger charge is -2.20. The molecule has 0 fully saturated rings. The number of amides is 1. The zero-order valence-corrected chi connectivity index (χ0v) is 19.6. The van der Waals surface area contributed by atoms with Crippen molar-refractivity contribution in [1.29, 1.82) is 0 Å². The standard InChI is InChI=1S/C22H24B4N4O2/c1-10-27-9-14(30(10)2)11-4-5-12-8-28-15(7-13(12)6-11)29-22(31)16-17(23)19(25)21(32-3)20(26)18(16)24/h4-9H,23-26H2,1-3H3,(H,28,29,31). The molecule has 0 saturated carbocycles. The molecule has 0 spiro atoms. The summed E-state index contributed by atoms with van der Waals surface area (Å²) >= 11 is 0. The molecule has 0 saturated heterocycles. The van der Waals surface area contributed by atoms with Crippen molar-refractivity contribution in [3.63, 3.8) is 0 Å². The maximum atomic E-state index is 13.2. The van der Waals surface area contributed by atoms with Crippen LogP contribution in [0.2, 0.25) is 0 Å². The molecule has 4 rings (SSSR count). The van der Waals surface area contributed by atoms with Crippen molar-refractivity contribution >= 4 is 75.7 Å². The molecular formula is C22H24B4N4O2. The SMILES string of the molecule is Bc1c(B)c(C(=O)Nc2cc3cc(-c4cnc(C)n4C)ccc3cn2)c(B)c(B)c1OC. The highest BCUT2D eigenvalue weighted by atomic mass is 16.5. The second-order valence-corrected chi connectivity index (χ2v) is 8.24. The van der Waals surface area contributed by atoms with Gasteiger partial charge in [0.05, 0.1) is 19.0 Å². The number of carbonyl (C=O) groups excluding carboxylic acids is 1. The van der Waals surface area contributed by atoms with Gasteiger partial charge in [0, 0.05) is 29.8 Å². The molecule has 6 nitrogen and oxygen atoms in total. The zero-order chi connectivity index (χ0) is 23.2. The van der Waals surface area contributed by atoms with Crippen LogP contribution in [0.15, 0.2) is 36.7 Å². The number of carbonyl (C=O) groups is 1. The number of ether oxygens (including phenoxy) is 1. The minimum atomic E-state index is -0.167. The van der Waals surface area contributed by atoms with E-state index in [4.69, 9.17) is 4.74 Å². The van der Waals surface area contributed by atoms with E-state index in [0.717, 1.165) is 55.5 Å². The van der Waals surface area contributed by atoms with Gasteiger partial charge in [-0.25, -0.2) is 9.97 Å². The number of anilines is 1. The molecule has 0 atom stereocenters. The first-order valence-electron chi connectivity index (χ1n) is 10.6. The Morgan fingerprint density at radius 3 is 2.25 bits per heavy atom. The van der Waals surface area contributed by atoms with E-state index in [1.54, 1.807) is 13.3 Å². The summed E-state index contributed by atoms with van der Waals surface area (Å²) in [6.45, 7) is 1.98. The summed E-state index contributed by atoms with van der Waals surface area (Å²) < 4.78 is 7.61. The fraction of sp³-hybridized carbons (Fsp3) is 0.136. The second-order valence-electron chi connectivity index (χ2n) is 8.24. The highest BCUT2D eigenvalue weighted by Crippen LogP contribution is 2.25. The maximum absolute atomic E-state index is 13.2. The molecule has 0 radical (unpaired) electrons.